The number of pyridine rings is 1. The molecule has 23 heavy (non-hydrogen) atoms. The van der Waals surface area contributed by atoms with E-state index >= 15 is 0 Å². The topological polar surface area (TPSA) is 46.4 Å². The lowest BCUT2D eigenvalue weighted by molar-refractivity contribution is 0.102. The predicted octanol–water partition coefficient (Wildman–Crippen LogP) is 4.98. The number of halogens is 2. The Morgan fingerprint density at radius 2 is 2.04 bits per heavy atom. The van der Waals surface area contributed by atoms with E-state index in [9.17, 15) is 4.79 Å². The number of rotatable bonds is 3. The van der Waals surface area contributed by atoms with Crippen LogP contribution in [-0.4, -0.2) is 15.3 Å². The van der Waals surface area contributed by atoms with Gasteiger partial charge in [0.05, 0.1) is 11.4 Å². The third-order valence-corrected chi connectivity index (χ3v) is 4.70. The van der Waals surface area contributed by atoms with Crippen molar-refractivity contribution >= 4 is 49.1 Å². The van der Waals surface area contributed by atoms with Crippen molar-refractivity contribution in [1.29, 1.82) is 0 Å². The summed E-state index contributed by atoms with van der Waals surface area (Å²) < 4.78 is 3.58. The van der Waals surface area contributed by atoms with E-state index in [1.807, 2.05) is 54.8 Å². The zero-order chi connectivity index (χ0) is 16.6. The van der Waals surface area contributed by atoms with Gasteiger partial charge in [0.2, 0.25) is 0 Å². The molecule has 0 radical (unpaired) electrons. The molecule has 2 heterocycles. The standard InChI is InChI=1S/C17H15Br2N3O/c1-3-13-16(22-9-11(18)5-7-15(22)20-13)17(23)21-14-6-4-10(2)8-12(14)19/h4-9H,3H2,1-2H3,(H,21,23). The SMILES string of the molecule is CCc1nc2ccc(Br)cn2c1C(=O)Nc1ccc(C)cc1Br. The number of carbonyl (C=O) groups excluding carboxylic acids is 1. The fourth-order valence-corrected chi connectivity index (χ4v) is 3.39. The van der Waals surface area contributed by atoms with Gasteiger partial charge in [-0.1, -0.05) is 13.0 Å². The molecule has 0 spiro atoms. The highest BCUT2D eigenvalue weighted by Crippen LogP contribution is 2.25. The summed E-state index contributed by atoms with van der Waals surface area (Å²) in [5.74, 6) is -0.169. The Morgan fingerprint density at radius 1 is 1.26 bits per heavy atom. The third kappa shape index (κ3) is 3.19. The molecule has 1 amide bonds. The highest BCUT2D eigenvalue weighted by atomic mass is 79.9. The molecule has 0 aliphatic carbocycles. The van der Waals surface area contributed by atoms with Gasteiger partial charge in [-0.3, -0.25) is 9.20 Å². The van der Waals surface area contributed by atoms with Crippen LogP contribution in [0.2, 0.25) is 0 Å². The summed E-state index contributed by atoms with van der Waals surface area (Å²) in [5, 5.41) is 2.96. The molecule has 0 saturated carbocycles. The molecule has 0 aliphatic heterocycles. The monoisotopic (exact) mass is 435 g/mol. The zero-order valence-electron chi connectivity index (χ0n) is 12.7. The molecule has 6 heteroatoms. The maximum atomic E-state index is 12.8. The van der Waals surface area contributed by atoms with Gasteiger partial charge in [-0.2, -0.15) is 0 Å². The van der Waals surface area contributed by atoms with Gasteiger partial charge in [-0.05, 0) is 75.0 Å². The van der Waals surface area contributed by atoms with Crippen LogP contribution in [-0.2, 0) is 6.42 Å². The molecule has 0 fully saturated rings. The lowest BCUT2D eigenvalue weighted by Crippen LogP contribution is -2.16. The average molecular weight is 437 g/mol. The molecular weight excluding hydrogens is 422 g/mol. The van der Waals surface area contributed by atoms with Gasteiger partial charge in [-0.15, -0.1) is 0 Å². The molecule has 0 atom stereocenters. The quantitative estimate of drug-likeness (QED) is 0.629. The van der Waals surface area contributed by atoms with Crippen molar-refractivity contribution in [3.63, 3.8) is 0 Å². The van der Waals surface area contributed by atoms with E-state index in [0.29, 0.717) is 12.1 Å². The van der Waals surface area contributed by atoms with Crippen molar-refractivity contribution < 1.29 is 4.79 Å². The number of amides is 1. The second kappa shape index (κ2) is 6.45. The first-order chi connectivity index (χ1) is 11.0. The van der Waals surface area contributed by atoms with Gasteiger partial charge >= 0.3 is 0 Å². The summed E-state index contributed by atoms with van der Waals surface area (Å²) in [7, 11) is 0. The van der Waals surface area contributed by atoms with E-state index in [4.69, 9.17) is 0 Å². The van der Waals surface area contributed by atoms with Gasteiger partial charge in [0, 0.05) is 15.1 Å². The normalized spacial score (nSPS) is 11.0. The van der Waals surface area contributed by atoms with Crippen LogP contribution in [0.15, 0.2) is 45.5 Å². The number of fused-ring (bicyclic) bond motifs is 1. The maximum Gasteiger partial charge on any atom is 0.274 e. The lowest BCUT2D eigenvalue weighted by Gasteiger charge is -2.09. The molecule has 3 aromatic rings. The van der Waals surface area contributed by atoms with Crippen LogP contribution >= 0.6 is 31.9 Å². The number of carbonyl (C=O) groups is 1. The predicted molar refractivity (Wildman–Crippen MR) is 99.1 cm³/mol. The molecule has 1 N–H and O–H groups in total. The Kier molecular flexibility index (Phi) is 4.55. The zero-order valence-corrected chi connectivity index (χ0v) is 15.9. The number of imidazole rings is 1. The fourth-order valence-electron chi connectivity index (χ4n) is 2.46. The van der Waals surface area contributed by atoms with E-state index < -0.39 is 0 Å². The van der Waals surface area contributed by atoms with E-state index in [0.717, 1.165) is 31.5 Å². The van der Waals surface area contributed by atoms with E-state index in [2.05, 4.69) is 42.2 Å². The van der Waals surface area contributed by atoms with Crippen LogP contribution in [0.4, 0.5) is 5.69 Å². The van der Waals surface area contributed by atoms with Crippen LogP contribution in [0.5, 0.6) is 0 Å². The van der Waals surface area contributed by atoms with E-state index in [-0.39, 0.29) is 5.91 Å². The molecule has 0 bridgehead atoms. The van der Waals surface area contributed by atoms with Crippen molar-refractivity contribution in [3.05, 3.63) is 62.4 Å². The summed E-state index contributed by atoms with van der Waals surface area (Å²) in [4.78, 5) is 17.4. The van der Waals surface area contributed by atoms with Gasteiger partial charge in [0.1, 0.15) is 11.3 Å². The Morgan fingerprint density at radius 3 is 2.74 bits per heavy atom. The summed E-state index contributed by atoms with van der Waals surface area (Å²) in [6.07, 6.45) is 2.55. The second-order valence-electron chi connectivity index (χ2n) is 5.27. The number of hydrogen-bond acceptors (Lipinski definition) is 2. The van der Waals surface area contributed by atoms with Crippen LogP contribution in [0.1, 0.15) is 28.7 Å². The van der Waals surface area contributed by atoms with Crippen molar-refractivity contribution in [2.45, 2.75) is 20.3 Å². The lowest BCUT2D eigenvalue weighted by atomic mass is 10.2. The summed E-state index contributed by atoms with van der Waals surface area (Å²) >= 11 is 6.94. The van der Waals surface area contributed by atoms with E-state index in [1.54, 1.807) is 0 Å². The number of anilines is 1. The Labute approximate surface area is 151 Å². The molecule has 0 aliphatic rings. The number of hydrogen-bond donors (Lipinski definition) is 1. The minimum absolute atomic E-state index is 0.169. The molecule has 118 valence electrons. The van der Waals surface area contributed by atoms with Gasteiger partial charge < -0.3 is 5.32 Å². The first kappa shape index (κ1) is 16.2. The number of nitrogens with zero attached hydrogens (tertiary/aromatic N) is 2. The number of nitrogens with one attached hydrogen (secondary N) is 1. The second-order valence-corrected chi connectivity index (χ2v) is 7.04. The van der Waals surface area contributed by atoms with Crippen LogP contribution in [0, 0.1) is 6.92 Å². The van der Waals surface area contributed by atoms with Gasteiger partial charge in [-0.25, -0.2) is 4.98 Å². The van der Waals surface area contributed by atoms with Gasteiger partial charge in [0.15, 0.2) is 0 Å². The molecule has 2 aromatic heterocycles. The minimum Gasteiger partial charge on any atom is -0.320 e. The summed E-state index contributed by atoms with van der Waals surface area (Å²) in [5.41, 5.74) is 3.98. The van der Waals surface area contributed by atoms with Crippen molar-refractivity contribution in [1.82, 2.24) is 9.38 Å². The van der Waals surface area contributed by atoms with Crippen molar-refractivity contribution in [2.75, 3.05) is 5.32 Å². The Bertz CT molecular complexity index is 902. The Balaban J connectivity index is 2.04. The highest BCUT2D eigenvalue weighted by Gasteiger charge is 2.19. The summed E-state index contributed by atoms with van der Waals surface area (Å²) in [6.45, 7) is 4.00. The first-order valence-corrected chi connectivity index (χ1v) is 8.82. The molecule has 1 aromatic carbocycles. The van der Waals surface area contributed by atoms with Crippen LogP contribution < -0.4 is 5.32 Å². The molecular formula is C17H15Br2N3O. The van der Waals surface area contributed by atoms with Gasteiger partial charge in [0.25, 0.3) is 5.91 Å². The maximum absolute atomic E-state index is 12.8. The molecule has 3 rings (SSSR count). The summed E-state index contributed by atoms with van der Waals surface area (Å²) in [6, 6.07) is 9.64. The fraction of sp³-hybridized carbons (Fsp3) is 0.176. The number of aromatic nitrogens is 2. The number of aryl methyl sites for hydroxylation is 2. The van der Waals surface area contributed by atoms with Crippen molar-refractivity contribution in [2.24, 2.45) is 0 Å². The average Bonchev–Trinajstić information content (AvgIpc) is 2.87. The molecule has 0 unspecified atom stereocenters. The highest BCUT2D eigenvalue weighted by molar-refractivity contribution is 9.10. The van der Waals surface area contributed by atoms with Crippen molar-refractivity contribution in [3.8, 4) is 0 Å². The smallest absolute Gasteiger partial charge is 0.274 e. The van der Waals surface area contributed by atoms with Crippen LogP contribution in [0.3, 0.4) is 0 Å². The first-order valence-electron chi connectivity index (χ1n) is 7.23. The Hall–Kier alpha value is -1.66. The molecule has 4 nitrogen and oxygen atoms in total. The largest absolute Gasteiger partial charge is 0.320 e. The molecule has 0 saturated heterocycles. The minimum atomic E-state index is -0.169. The van der Waals surface area contributed by atoms with E-state index in [1.165, 1.54) is 0 Å². The number of benzene rings is 1. The third-order valence-electron chi connectivity index (χ3n) is 3.58. The van der Waals surface area contributed by atoms with Crippen LogP contribution in [0.25, 0.3) is 5.65 Å².